The number of carbonyl (C=O) groups excluding carboxylic acids is 1. The number of aryl methyl sites for hydroxylation is 1. The van der Waals surface area contributed by atoms with Gasteiger partial charge in [-0.15, -0.1) is 0 Å². The van der Waals surface area contributed by atoms with E-state index in [1.165, 1.54) is 11.1 Å². The first-order valence-electron chi connectivity index (χ1n) is 6.72. The zero-order valence-corrected chi connectivity index (χ0v) is 11.1. The van der Waals surface area contributed by atoms with Gasteiger partial charge >= 0.3 is 0 Å². The molecular formula is C15H22N2O. The molecule has 1 aromatic rings. The minimum atomic E-state index is -0.131. The number of hydrogen-bond donors (Lipinski definition) is 1. The Morgan fingerprint density at radius 2 is 1.89 bits per heavy atom. The molecule has 1 saturated heterocycles. The Kier molecular flexibility index (Phi) is 4.37. The summed E-state index contributed by atoms with van der Waals surface area (Å²) in [6.45, 7) is 5.19. The van der Waals surface area contributed by atoms with Gasteiger partial charge in [-0.3, -0.25) is 4.79 Å². The molecule has 0 atom stereocenters. The smallest absolute Gasteiger partial charge is 0.220 e. The SMILES string of the molecule is Cc1ccc(CCN2CCC(C(N)=O)CC2)cc1. The Bertz CT molecular complexity index is 391. The maximum atomic E-state index is 11.1. The van der Waals surface area contributed by atoms with Crippen LogP contribution in [0.4, 0.5) is 0 Å². The van der Waals surface area contributed by atoms with E-state index in [0.29, 0.717) is 0 Å². The number of carbonyl (C=O) groups is 1. The van der Waals surface area contributed by atoms with E-state index in [1.807, 2.05) is 0 Å². The number of hydrogen-bond acceptors (Lipinski definition) is 2. The lowest BCUT2D eigenvalue weighted by molar-refractivity contribution is -0.123. The van der Waals surface area contributed by atoms with Crippen LogP contribution in [-0.2, 0) is 11.2 Å². The highest BCUT2D eigenvalue weighted by Gasteiger charge is 2.22. The number of nitrogens with zero attached hydrogens (tertiary/aromatic N) is 1. The molecule has 1 aliphatic heterocycles. The number of primary amides is 1. The molecule has 0 aliphatic carbocycles. The van der Waals surface area contributed by atoms with Gasteiger partial charge in [0.1, 0.15) is 0 Å². The van der Waals surface area contributed by atoms with E-state index in [9.17, 15) is 4.79 Å². The van der Waals surface area contributed by atoms with Crippen molar-refractivity contribution in [2.45, 2.75) is 26.2 Å². The van der Waals surface area contributed by atoms with Crippen LogP contribution in [-0.4, -0.2) is 30.4 Å². The summed E-state index contributed by atoms with van der Waals surface area (Å²) in [6.07, 6.45) is 2.92. The summed E-state index contributed by atoms with van der Waals surface area (Å²) >= 11 is 0. The van der Waals surface area contributed by atoms with Crippen LogP contribution in [0, 0.1) is 12.8 Å². The molecule has 0 spiro atoms. The Balaban J connectivity index is 1.75. The third-order valence-electron chi connectivity index (χ3n) is 3.83. The van der Waals surface area contributed by atoms with Crippen LogP contribution in [0.2, 0.25) is 0 Å². The normalized spacial score (nSPS) is 17.8. The molecule has 1 aromatic carbocycles. The van der Waals surface area contributed by atoms with E-state index in [0.717, 1.165) is 38.9 Å². The quantitative estimate of drug-likeness (QED) is 0.879. The summed E-state index contributed by atoms with van der Waals surface area (Å²) in [5.41, 5.74) is 8.03. The maximum Gasteiger partial charge on any atom is 0.220 e. The van der Waals surface area contributed by atoms with E-state index in [-0.39, 0.29) is 11.8 Å². The van der Waals surface area contributed by atoms with E-state index in [2.05, 4.69) is 36.1 Å². The van der Waals surface area contributed by atoms with Crippen LogP contribution in [0.15, 0.2) is 24.3 Å². The fourth-order valence-electron chi connectivity index (χ4n) is 2.48. The Morgan fingerprint density at radius 1 is 1.28 bits per heavy atom. The zero-order chi connectivity index (χ0) is 13.0. The third-order valence-corrected chi connectivity index (χ3v) is 3.83. The van der Waals surface area contributed by atoms with Crippen molar-refractivity contribution in [1.29, 1.82) is 0 Å². The van der Waals surface area contributed by atoms with Crippen molar-refractivity contribution in [2.75, 3.05) is 19.6 Å². The van der Waals surface area contributed by atoms with E-state index in [1.54, 1.807) is 0 Å². The molecule has 98 valence electrons. The number of likely N-dealkylation sites (tertiary alicyclic amines) is 1. The number of benzene rings is 1. The topological polar surface area (TPSA) is 46.3 Å². The van der Waals surface area contributed by atoms with Gasteiger partial charge in [0.05, 0.1) is 0 Å². The van der Waals surface area contributed by atoms with E-state index >= 15 is 0 Å². The van der Waals surface area contributed by atoms with Gasteiger partial charge in [0.15, 0.2) is 0 Å². The van der Waals surface area contributed by atoms with Gasteiger partial charge in [0.25, 0.3) is 0 Å². The minimum Gasteiger partial charge on any atom is -0.369 e. The summed E-state index contributed by atoms with van der Waals surface area (Å²) < 4.78 is 0. The summed E-state index contributed by atoms with van der Waals surface area (Å²) in [5, 5.41) is 0. The monoisotopic (exact) mass is 246 g/mol. The first kappa shape index (κ1) is 13.1. The lowest BCUT2D eigenvalue weighted by Crippen LogP contribution is -2.39. The molecule has 0 saturated carbocycles. The number of rotatable bonds is 4. The number of amides is 1. The van der Waals surface area contributed by atoms with E-state index < -0.39 is 0 Å². The van der Waals surface area contributed by atoms with Crippen LogP contribution in [0.25, 0.3) is 0 Å². The highest BCUT2D eigenvalue weighted by molar-refractivity contribution is 5.76. The fraction of sp³-hybridized carbons (Fsp3) is 0.533. The van der Waals surface area contributed by atoms with Crippen molar-refractivity contribution in [3.8, 4) is 0 Å². The fourth-order valence-corrected chi connectivity index (χ4v) is 2.48. The molecule has 0 aromatic heterocycles. The van der Waals surface area contributed by atoms with Gasteiger partial charge in [-0.25, -0.2) is 0 Å². The average molecular weight is 246 g/mol. The first-order valence-corrected chi connectivity index (χ1v) is 6.72. The van der Waals surface area contributed by atoms with Gasteiger partial charge in [0.2, 0.25) is 5.91 Å². The highest BCUT2D eigenvalue weighted by Crippen LogP contribution is 2.17. The summed E-state index contributed by atoms with van der Waals surface area (Å²) in [6, 6.07) is 8.72. The second kappa shape index (κ2) is 6.01. The zero-order valence-electron chi connectivity index (χ0n) is 11.1. The Hall–Kier alpha value is -1.35. The van der Waals surface area contributed by atoms with Gasteiger partial charge in [-0.05, 0) is 44.8 Å². The third kappa shape index (κ3) is 3.57. The van der Waals surface area contributed by atoms with Crippen LogP contribution in [0.1, 0.15) is 24.0 Å². The summed E-state index contributed by atoms with van der Waals surface area (Å²) in [7, 11) is 0. The van der Waals surface area contributed by atoms with Crippen LogP contribution in [0.3, 0.4) is 0 Å². The van der Waals surface area contributed by atoms with Crippen molar-refractivity contribution in [3.63, 3.8) is 0 Å². The minimum absolute atomic E-state index is 0.0978. The molecule has 1 fully saturated rings. The van der Waals surface area contributed by atoms with Gasteiger partial charge in [0, 0.05) is 12.5 Å². The number of nitrogens with two attached hydrogens (primary N) is 1. The first-order chi connectivity index (χ1) is 8.65. The van der Waals surface area contributed by atoms with Gasteiger partial charge < -0.3 is 10.6 Å². The van der Waals surface area contributed by atoms with Crippen LogP contribution in [0.5, 0.6) is 0 Å². The molecule has 0 unspecified atom stereocenters. The highest BCUT2D eigenvalue weighted by atomic mass is 16.1. The predicted molar refractivity (Wildman–Crippen MR) is 73.2 cm³/mol. The van der Waals surface area contributed by atoms with Crippen molar-refractivity contribution in [2.24, 2.45) is 11.7 Å². The maximum absolute atomic E-state index is 11.1. The van der Waals surface area contributed by atoms with Crippen molar-refractivity contribution in [3.05, 3.63) is 35.4 Å². The van der Waals surface area contributed by atoms with Gasteiger partial charge in [-0.2, -0.15) is 0 Å². The van der Waals surface area contributed by atoms with Gasteiger partial charge in [-0.1, -0.05) is 29.8 Å². The molecule has 1 amide bonds. The molecule has 0 bridgehead atoms. The molecule has 0 radical (unpaired) electrons. The summed E-state index contributed by atoms with van der Waals surface area (Å²) in [5.74, 6) is -0.0335. The second-order valence-electron chi connectivity index (χ2n) is 5.25. The summed E-state index contributed by atoms with van der Waals surface area (Å²) in [4.78, 5) is 13.5. The van der Waals surface area contributed by atoms with Crippen molar-refractivity contribution in [1.82, 2.24) is 4.90 Å². The lowest BCUT2D eigenvalue weighted by Gasteiger charge is -2.30. The number of piperidine rings is 1. The predicted octanol–water partition coefficient (Wildman–Crippen LogP) is 1.73. The molecule has 1 aliphatic rings. The Morgan fingerprint density at radius 3 is 2.44 bits per heavy atom. The molecule has 3 nitrogen and oxygen atoms in total. The molecular weight excluding hydrogens is 224 g/mol. The molecule has 2 N–H and O–H groups in total. The van der Waals surface area contributed by atoms with E-state index in [4.69, 9.17) is 5.73 Å². The second-order valence-corrected chi connectivity index (χ2v) is 5.25. The van der Waals surface area contributed by atoms with Crippen LogP contribution < -0.4 is 5.73 Å². The largest absolute Gasteiger partial charge is 0.369 e. The molecule has 18 heavy (non-hydrogen) atoms. The Labute approximate surface area is 109 Å². The average Bonchev–Trinajstić information content (AvgIpc) is 2.38. The molecule has 1 heterocycles. The van der Waals surface area contributed by atoms with Crippen molar-refractivity contribution < 1.29 is 4.79 Å². The molecule has 3 heteroatoms. The van der Waals surface area contributed by atoms with Crippen LogP contribution >= 0.6 is 0 Å². The standard InChI is InChI=1S/C15H22N2O/c1-12-2-4-13(5-3-12)6-9-17-10-7-14(8-11-17)15(16)18/h2-5,14H,6-11H2,1H3,(H2,16,18). The molecule has 2 rings (SSSR count). The lowest BCUT2D eigenvalue weighted by atomic mass is 9.96. The van der Waals surface area contributed by atoms with Crippen molar-refractivity contribution >= 4 is 5.91 Å².